The Labute approximate surface area is 105 Å². The molecule has 0 bridgehead atoms. The smallest absolute Gasteiger partial charge is 0.140 e. The van der Waals surface area contributed by atoms with E-state index in [2.05, 4.69) is 38.1 Å². The molecule has 0 saturated carbocycles. The minimum Gasteiger partial charge on any atom is -0.299 e. The van der Waals surface area contributed by atoms with E-state index in [1.54, 1.807) is 0 Å². The maximum absolute atomic E-state index is 12.0. The zero-order valence-electron chi connectivity index (χ0n) is 11.3. The molecule has 0 aliphatic rings. The van der Waals surface area contributed by atoms with Gasteiger partial charge >= 0.3 is 0 Å². The average Bonchev–Trinajstić information content (AvgIpc) is 2.34. The minimum absolute atomic E-state index is 0.117. The van der Waals surface area contributed by atoms with Crippen molar-refractivity contribution in [3.63, 3.8) is 0 Å². The molecule has 1 aromatic rings. The number of rotatable bonds is 7. The van der Waals surface area contributed by atoms with Gasteiger partial charge in [0.15, 0.2) is 0 Å². The van der Waals surface area contributed by atoms with Crippen molar-refractivity contribution in [1.29, 1.82) is 0 Å². The summed E-state index contributed by atoms with van der Waals surface area (Å²) < 4.78 is 0. The lowest BCUT2D eigenvalue weighted by molar-refractivity contribution is -0.120. The fourth-order valence-electron chi connectivity index (χ4n) is 2.25. The maximum Gasteiger partial charge on any atom is 0.140 e. The Morgan fingerprint density at radius 3 is 2.59 bits per heavy atom. The van der Waals surface area contributed by atoms with Crippen LogP contribution in [0.25, 0.3) is 0 Å². The minimum atomic E-state index is 0.117. The Kier molecular flexibility index (Phi) is 5.96. The number of Topliss-reactive ketones (excluding diaryl/α,β-unsaturated/α-hetero) is 1. The quantitative estimate of drug-likeness (QED) is 0.626. The monoisotopic (exact) mass is 232 g/mol. The van der Waals surface area contributed by atoms with Gasteiger partial charge in [-0.25, -0.2) is 0 Å². The first-order valence-corrected chi connectivity index (χ1v) is 6.78. The highest BCUT2D eigenvalue weighted by Crippen LogP contribution is 2.25. The van der Waals surface area contributed by atoms with Gasteiger partial charge in [-0.05, 0) is 18.9 Å². The maximum atomic E-state index is 12.0. The molecule has 0 aromatic heterocycles. The number of carbonyl (C=O) groups is 1. The lowest BCUT2D eigenvalue weighted by atomic mass is 9.88. The lowest BCUT2D eigenvalue weighted by Crippen LogP contribution is -2.11. The van der Waals surface area contributed by atoms with Gasteiger partial charge in [0, 0.05) is 12.3 Å². The van der Waals surface area contributed by atoms with Gasteiger partial charge in [-0.3, -0.25) is 4.79 Å². The summed E-state index contributed by atoms with van der Waals surface area (Å²) in [5.41, 5.74) is 2.44. The molecule has 0 N–H and O–H groups in total. The summed E-state index contributed by atoms with van der Waals surface area (Å²) in [6, 6.07) is 8.39. The van der Waals surface area contributed by atoms with E-state index >= 15 is 0 Å². The Balaban J connectivity index is 2.78. The molecular formula is C16H24O. The van der Waals surface area contributed by atoms with Crippen LogP contribution >= 0.6 is 0 Å². The third kappa shape index (κ3) is 4.33. The molecule has 17 heavy (non-hydrogen) atoms. The molecular weight excluding hydrogens is 208 g/mol. The summed E-state index contributed by atoms with van der Waals surface area (Å²) in [5, 5.41) is 0. The fraction of sp³-hybridized carbons (Fsp3) is 0.562. The number of aryl methyl sites for hydroxylation is 1. The zero-order chi connectivity index (χ0) is 12.7. The van der Waals surface area contributed by atoms with Crippen LogP contribution in [0, 0.1) is 6.92 Å². The van der Waals surface area contributed by atoms with Gasteiger partial charge < -0.3 is 0 Å². The number of benzene rings is 1. The normalized spacial score (nSPS) is 12.4. The van der Waals surface area contributed by atoms with Crippen LogP contribution in [0.15, 0.2) is 24.3 Å². The van der Waals surface area contributed by atoms with E-state index in [4.69, 9.17) is 0 Å². The van der Waals surface area contributed by atoms with Crippen LogP contribution in [0.4, 0.5) is 0 Å². The van der Waals surface area contributed by atoms with Gasteiger partial charge in [-0.2, -0.15) is 0 Å². The predicted octanol–water partition coefficient (Wildman–Crippen LogP) is 4.64. The molecule has 0 radical (unpaired) electrons. The Morgan fingerprint density at radius 1 is 1.24 bits per heavy atom. The van der Waals surface area contributed by atoms with Crippen molar-refractivity contribution in [3.8, 4) is 0 Å². The van der Waals surface area contributed by atoms with Crippen molar-refractivity contribution >= 4 is 5.78 Å². The van der Waals surface area contributed by atoms with Gasteiger partial charge in [0.2, 0.25) is 0 Å². The average molecular weight is 232 g/mol. The summed E-state index contributed by atoms with van der Waals surface area (Å²) in [5.74, 6) is 0.498. The van der Waals surface area contributed by atoms with E-state index in [1.165, 1.54) is 24.0 Å². The highest BCUT2D eigenvalue weighted by molar-refractivity contribution is 5.85. The molecule has 0 saturated heterocycles. The molecule has 94 valence electrons. The lowest BCUT2D eigenvalue weighted by Gasteiger charge is -2.16. The Hall–Kier alpha value is -1.11. The van der Waals surface area contributed by atoms with Crippen LogP contribution in [0.3, 0.4) is 0 Å². The van der Waals surface area contributed by atoms with E-state index in [9.17, 15) is 4.79 Å². The predicted molar refractivity (Wildman–Crippen MR) is 73.4 cm³/mol. The Bertz CT molecular complexity index is 354. The summed E-state index contributed by atoms with van der Waals surface area (Å²) in [6.45, 7) is 6.25. The van der Waals surface area contributed by atoms with Gasteiger partial charge in [-0.1, -0.05) is 62.9 Å². The summed E-state index contributed by atoms with van der Waals surface area (Å²) in [4.78, 5) is 12.0. The van der Waals surface area contributed by atoms with E-state index in [0.29, 0.717) is 12.2 Å². The van der Waals surface area contributed by atoms with E-state index < -0.39 is 0 Å². The summed E-state index contributed by atoms with van der Waals surface area (Å²) in [7, 11) is 0. The molecule has 1 atom stereocenters. The highest BCUT2D eigenvalue weighted by Gasteiger charge is 2.18. The highest BCUT2D eigenvalue weighted by atomic mass is 16.1. The van der Waals surface area contributed by atoms with Gasteiger partial charge in [-0.15, -0.1) is 0 Å². The molecule has 1 nitrogen and oxygen atoms in total. The number of hydrogen-bond donors (Lipinski definition) is 0. The SMILES string of the molecule is CCCCCC(C(=O)CC)c1cccc(C)c1. The first-order chi connectivity index (χ1) is 8.19. The molecule has 1 unspecified atom stereocenters. The summed E-state index contributed by atoms with van der Waals surface area (Å²) in [6.07, 6.45) is 5.23. The first-order valence-electron chi connectivity index (χ1n) is 6.78. The molecule has 0 amide bonds. The van der Waals surface area contributed by atoms with Crippen LogP contribution in [-0.2, 0) is 4.79 Å². The van der Waals surface area contributed by atoms with E-state index in [-0.39, 0.29) is 5.92 Å². The second-order valence-electron chi connectivity index (χ2n) is 4.78. The first kappa shape index (κ1) is 14.0. The summed E-state index contributed by atoms with van der Waals surface area (Å²) >= 11 is 0. The van der Waals surface area contributed by atoms with Gasteiger partial charge in [0.1, 0.15) is 5.78 Å². The van der Waals surface area contributed by atoms with Crippen LogP contribution in [0.2, 0.25) is 0 Å². The number of unbranched alkanes of at least 4 members (excludes halogenated alkanes) is 2. The van der Waals surface area contributed by atoms with Crippen LogP contribution in [-0.4, -0.2) is 5.78 Å². The number of ketones is 1. The molecule has 0 aliphatic heterocycles. The largest absolute Gasteiger partial charge is 0.299 e. The zero-order valence-corrected chi connectivity index (χ0v) is 11.3. The Morgan fingerprint density at radius 2 is 2.00 bits per heavy atom. The standard InChI is InChI=1S/C16H24O/c1-4-6-7-11-15(16(17)5-2)14-10-8-9-13(3)12-14/h8-10,12,15H,4-7,11H2,1-3H3. The van der Waals surface area contributed by atoms with E-state index in [1.807, 2.05) is 6.92 Å². The molecule has 1 rings (SSSR count). The molecule has 0 spiro atoms. The topological polar surface area (TPSA) is 17.1 Å². The van der Waals surface area contributed by atoms with E-state index in [0.717, 1.165) is 12.8 Å². The fourth-order valence-corrected chi connectivity index (χ4v) is 2.25. The van der Waals surface area contributed by atoms with Crippen LogP contribution in [0.1, 0.15) is 63.0 Å². The molecule has 0 fully saturated rings. The van der Waals surface area contributed by atoms with Gasteiger partial charge in [0.05, 0.1) is 0 Å². The van der Waals surface area contributed by atoms with Gasteiger partial charge in [0.25, 0.3) is 0 Å². The molecule has 1 heteroatoms. The molecule has 1 aromatic carbocycles. The molecule has 0 aliphatic carbocycles. The van der Waals surface area contributed by atoms with Crippen molar-refractivity contribution in [3.05, 3.63) is 35.4 Å². The van der Waals surface area contributed by atoms with Crippen molar-refractivity contribution in [1.82, 2.24) is 0 Å². The van der Waals surface area contributed by atoms with Crippen LogP contribution in [0.5, 0.6) is 0 Å². The van der Waals surface area contributed by atoms with Crippen LogP contribution < -0.4 is 0 Å². The molecule has 0 heterocycles. The van der Waals surface area contributed by atoms with Crippen molar-refractivity contribution in [2.75, 3.05) is 0 Å². The van der Waals surface area contributed by atoms with Crippen molar-refractivity contribution < 1.29 is 4.79 Å². The third-order valence-corrected chi connectivity index (χ3v) is 3.28. The second kappa shape index (κ2) is 7.26. The third-order valence-electron chi connectivity index (χ3n) is 3.28. The second-order valence-corrected chi connectivity index (χ2v) is 4.78. The van der Waals surface area contributed by atoms with Crippen molar-refractivity contribution in [2.45, 2.75) is 58.8 Å². The van der Waals surface area contributed by atoms with Crippen molar-refractivity contribution in [2.24, 2.45) is 0 Å². The number of hydrogen-bond acceptors (Lipinski definition) is 1. The number of carbonyl (C=O) groups excluding carboxylic acids is 1.